The molecule has 0 saturated carbocycles. The second-order valence-electron chi connectivity index (χ2n) is 7.14. The van der Waals surface area contributed by atoms with Crippen molar-refractivity contribution in [1.29, 1.82) is 0 Å². The molecule has 0 bridgehead atoms. The summed E-state index contributed by atoms with van der Waals surface area (Å²) in [7, 11) is 1.39. The Hall–Kier alpha value is -2.65. The van der Waals surface area contributed by atoms with Crippen LogP contribution in [0.1, 0.15) is 16.7 Å². The molecule has 3 aromatic rings. The number of phenolic OH excluding ortho intramolecular Hbond substituents is 1. The van der Waals surface area contributed by atoms with Crippen LogP contribution >= 0.6 is 15.9 Å². The van der Waals surface area contributed by atoms with Gasteiger partial charge in [0, 0.05) is 29.7 Å². The summed E-state index contributed by atoms with van der Waals surface area (Å²) in [5.74, 6) is -9.74. The van der Waals surface area contributed by atoms with Crippen molar-refractivity contribution in [2.75, 3.05) is 13.7 Å². The van der Waals surface area contributed by atoms with Crippen molar-refractivity contribution in [3.8, 4) is 11.5 Å². The first-order chi connectivity index (χ1) is 15.2. The van der Waals surface area contributed by atoms with Crippen LogP contribution in [-0.4, -0.2) is 23.7 Å². The molecular formula is C23H19BrF5NO2. The first kappa shape index (κ1) is 24.0. The van der Waals surface area contributed by atoms with Gasteiger partial charge in [0.15, 0.2) is 34.8 Å². The van der Waals surface area contributed by atoms with E-state index in [1.165, 1.54) is 19.2 Å². The fraction of sp³-hybridized carbons (Fsp3) is 0.217. The zero-order valence-corrected chi connectivity index (χ0v) is 18.5. The van der Waals surface area contributed by atoms with Gasteiger partial charge in [0.1, 0.15) is 0 Å². The normalized spacial score (nSPS) is 11.2. The van der Waals surface area contributed by atoms with Gasteiger partial charge >= 0.3 is 0 Å². The van der Waals surface area contributed by atoms with Gasteiger partial charge in [0.2, 0.25) is 5.82 Å². The molecule has 0 saturated heterocycles. The monoisotopic (exact) mass is 515 g/mol. The fourth-order valence-corrected chi connectivity index (χ4v) is 3.52. The molecule has 0 radical (unpaired) electrons. The van der Waals surface area contributed by atoms with Crippen LogP contribution in [0.5, 0.6) is 11.5 Å². The molecule has 3 nitrogen and oxygen atoms in total. The van der Waals surface area contributed by atoms with E-state index in [1.54, 1.807) is 11.0 Å². The number of benzene rings is 3. The van der Waals surface area contributed by atoms with Crippen LogP contribution in [0.25, 0.3) is 0 Å². The molecule has 0 unspecified atom stereocenters. The highest BCUT2D eigenvalue weighted by Gasteiger charge is 2.27. The van der Waals surface area contributed by atoms with Gasteiger partial charge < -0.3 is 9.84 Å². The molecule has 0 aromatic heterocycles. The molecule has 0 fully saturated rings. The third kappa shape index (κ3) is 5.39. The fourth-order valence-electron chi connectivity index (χ4n) is 3.26. The molecule has 0 heterocycles. The van der Waals surface area contributed by atoms with E-state index in [4.69, 9.17) is 4.74 Å². The third-order valence-corrected chi connectivity index (χ3v) is 5.49. The minimum absolute atomic E-state index is 0.0909. The van der Waals surface area contributed by atoms with E-state index in [9.17, 15) is 27.1 Å². The Labute approximate surface area is 190 Å². The lowest BCUT2D eigenvalue weighted by molar-refractivity contribution is 0.245. The van der Waals surface area contributed by atoms with Crippen molar-refractivity contribution in [1.82, 2.24) is 4.90 Å². The average Bonchev–Trinajstić information content (AvgIpc) is 2.78. The predicted molar refractivity (Wildman–Crippen MR) is 113 cm³/mol. The lowest BCUT2D eigenvalue weighted by atomic mass is 10.1. The first-order valence-electron chi connectivity index (χ1n) is 9.54. The number of methoxy groups -OCH3 is 1. The number of nitrogens with zero attached hydrogens (tertiary/aromatic N) is 1. The molecule has 1 N–H and O–H groups in total. The first-order valence-corrected chi connectivity index (χ1v) is 10.3. The van der Waals surface area contributed by atoms with Gasteiger partial charge in [-0.15, -0.1) is 0 Å². The molecule has 170 valence electrons. The summed E-state index contributed by atoms with van der Waals surface area (Å²) < 4.78 is 75.2. The van der Waals surface area contributed by atoms with Crippen molar-refractivity contribution in [3.05, 3.63) is 92.7 Å². The number of aromatic hydroxyl groups is 1. The van der Waals surface area contributed by atoms with Crippen LogP contribution in [0, 0.1) is 29.1 Å². The summed E-state index contributed by atoms with van der Waals surface area (Å²) in [6, 6.07) is 12.0. The molecular weight excluding hydrogens is 497 g/mol. The summed E-state index contributed by atoms with van der Waals surface area (Å²) in [5.41, 5.74) is 0.589. The van der Waals surface area contributed by atoms with E-state index in [1.807, 2.05) is 24.3 Å². The predicted octanol–water partition coefficient (Wildman–Crippen LogP) is 6.10. The van der Waals surface area contributed by atoms with E-state index >= 15 is 0 Å². The van der Waals surface area contributed by atoms with E-state index in [0.717, 1.165) is 10.0 Å². The molecule has 3 rings (SSSR count). The summed E-state index contributed by atoms with van der Waals surface area (Å²) >= 11 is 3.34. The summed E-state index contributed by atoms with van der Waals surface area (Å²) in [6.45, 7) is -0.170. The Morgan fingerprint density at radius 3 is 1.94 bits per heavy atom. The Kier molecular flexibility index (Phi) is 7.73. The van der Waals surface area contributed by atoms with Gasteiger partial charge in [-0.05, 0) is 41.8 Å². The zero-order chi connectivity index (χ0) is 23.4. The number of rotatable bonds is 8. The number of ether oxygens (including phenoxy) is 1. The standard InChI is InChI=1S/C23H19BrF5NO2/c1-32-18-7-4-14(10-17(18)31)11-30(9-8-13-2-5-15(24)6-3-13)12-16-19(25)21(27)23(29)22(28)20(16)26/h2-7,10,31H,8-9,11-12H2,1H3. The van der Waals surface area contributed by atoms with Gasteiger partial charge in [0.05, 0.1) is 7.11 Å². The highest BCUT2D eigenvalue weighted by Crippen LogP contribution is 2.28. The second kappa shape index (κ2) is 10.3. The van der Waals surface area contributed by atoms with E-state index < -0.39 is 41.2 Å². The maximum absolute atomic E-state index is 14.3. The number of phenols is 1. The molecule has 9 heteroatoms. The molecule has 0 spiro atoms. The number of hydrogen-bond donors (Lipinski definition) is 1. The van der Waals surface area contributed by atoms with Gasteiger partial charge in [-0.2, -0.15) is 0 Å². The Morgan fingerprint density at radius 2 is 1.38 bits per heavy atom. The van der Waals surface area contributed by atoms with E-state index in [-0.39, 0.29) is 24.6 Å². The van der Waals surface area contributed by atoms with Crippen LogP contribution < -0.4 is 4.74 Å². The number of halogens is 6. The highest BCUT2D eigenvalue weighted by atomic mass is 79.9. The quantitative estimate of drug-likeness (QED) is 0.223. The molecule has 0 aliphatic rings. The van der Waals surface area contributed by atoms with Crippen molar-refractivity contribution < 1.29 is 31.8 Å². The highest BCUT2D eigenvalue weighted by molar-refractivity contribution is 9.10. The SMILES string of the molecule is COc1ccc(CN(CCc2ccc(Br)cc2)Cc2c(F)c(F)c(F)c(F)c2F)cc1O. The Balaban J connectivity index is 1.89. The molecule has 3 aromatic carbocycles. The van der Waals surface area contributed by atoms with Gasteiger partial charge in [-0.1, -0.05) is 34.1 Å². The summed E-state index contributed by atoms with van der Waals surface area (Å²) in [5, 5.41) is 10.0. The molecule has 0 atom stereocenters. The molecule has 0 aliphatic heterocycles. The van der Waals surface area contributed by atoms with Crippen molar-refractivity contribution in [3.63, 3.8) is 0 Å². The lowest BCUT2D eigenvalue weighted by Gasteiger charge is -2.24. The van der Waals surface area contributed by atoms with E-state index in [2.05, 4.69) is 15.9 Å². The minimum atomic E-state index is -2.19. The van der Waals surface area contributed by atoms with Crippen molar-refractivity contribution in [2.24, 2.45) is 0 Å². The third-order valence-electron chi connectivity index (χ3n) is 4.96. The maximum atomic E-state index is 14.3. The zero-order valence-electron chi connectivity index (χ0n) is 16.9. The van der Waals surface area contributed by atoms with Crippen LogP contribution in [0.2, 0.25) is 0 Å². The minimum Gasteiger partial charge on any atom is -0.504 e. The molecule has 32 heavy (non-hydrogen) atoms. The van der Waals surface area contributed by atoms with Crippen LogP contribution in [0.15, 0.2) is 46.9 Å². The average molecular weight is 516 g/mol. The van der Waals surface area contributed by atoms with Crippen molar-refractivity contribution >= 4 is 15.9 Å². The number of hydrogen-bond acceptors (Lipinski definition) is 3. The van der Waals surface area contributed by atoms with Crippen LogP contribution in [0.4, 0.5) is 22.0 Å². The van der Waals surface area contributed by atoms with Gasteiger partial charge in [-0.3, -0.25) is 4.90 Å². The summed E-state index contributed by atoms with van der Waals surface area (Å²) in [4.78, 5) is 1.54. The van der Waals surface area contributed by atoms with Crippen LogP contribution in [-0.2, 0) is 19.5 Å². The Bertz CT molecular complexity index is 1080. The summed E-state index contributed by atoms with van der Waals surface area (Å²) in [6.07, 6.45) is 0.463. The maximum Gasteiger partial charge on any atom is 0.200 e. The van der Waals surface area contributed by atoms with Crippen LogP contribution in [0.3, 0.4) is 0 Å². The van der Waals surface area contributed by atoms with E-state index in [0.29, 0.717) is 12.0 Å². The molecule has 0 aliphatic carbocycles. The Morgan fingerprint density at radius 1 is 0.812 bits per heavy atom. The second-order valence-corrected chi connectivity index (χ2v) is 8.06. The largest absolute Gasteiger partial charge is 0.504 e. The smallest absolute Gasteiger partial charge is 0.200 e. The lowest BCUT2D eigenvalue weighted by Crippen LogP contribution is -2.27. The van der Waals surface area contributed by atoms with Gasteiger partial charge in [-0.25, -0.2) is 22.0 Å². The van der Waals surface area contributed by atoms with Gasteiger partial charge in [0.25, 0.3) is 0 Å². The molecule has 0 amide bonds. The van der Waals surface area contributed by atoms with Crippen molar-refractivity contribution in [2.45, 2.75) is 19.5 Å². The topological polar surface area (TPSA) is 32.7 Å².